The molecule has 2 rings (SSSR count). The van der Waals surface area contributed by atoms with Crippen LogP contribution in [0.25, 0.3) is 0 Å². The minimum Gasteiger partial charge on any atom is -0.336 e. The molecule has 1 amide bonds. The lowest BCUT2D eigenvalue weighted by Crippen LogP contribution is -2.69. The number of likely N-dealkylation sites (N-methyl/N-ethyl adjacent to an activating group) is 2. The SMILES string of the molecule is CCCCCCC(=O)N(C)C1N(C)C(c2ccc(F)cc2)=NC1(C(F)(F)F)C(F)(F)F. The summed E-state index contributed by atoms with van der Waals surface area (Å²) in [5.41, 5.74) is -4.68. The molecule has 0 saturated heterocycles. The maximum atomic E-state index is 14.0. The molecule has 174 valence electrons. The summed E-state index contributed by atoms with van der Waals surface area (Å²) in [6, 6.07) is 3.89. The number of halogens is 7. The Morgan fingerprint density at radius 3 is 2.10 bits per heavy atom. The Balaban J connectivity index is 2.54. The van der Waals surface area contributed by atoms with Crippen LogP contribution in [0.5, 0.6) is 0 Å². The zero-order valence-corrected chi connectivity index (χ0v) is 17.3. The van der Waals surface area contributed by atoms with E-state index in [1.54, 1.807) is 0 Å². The van der Waals surface area contributed by atoms with Crippen molar-refractivity contribution in [3.05, 3.63) is 35.6 Å². The maximum Gasteiger partial charge on any atom is 0.426 e. The molecule has 1 atom stereocenters. The van der Waals surface area contributed by atoms with E-state index in [1.807, 2.05) is 6.92 Å². The van der Waals surface area contributed by atoms with E-state index in [4.69, 9.17) is 0 Å². The number of unbranched alkanes of at least 4 members (excludes halogenated alkanes) is 3. The molecular formula is C20H24F7N3O. The number of nitrogens with zero attached hydrogens (tertiary/aromatic N) is 3. The minimum atomic E-state index is -5.84. The van der Waals surface area contributed by atoms with Crippen molar-refractivity contribution in [3.8, 4) is 0 Å². The van der Waals surface area contributed by atoms with Crippen molar-refractivity contribution >= 4 is 11.7 Å². The van der Waals surface area contributed by atoms with E-state index >= 15 is 0 Å². The molecule has 1 unspecified atom stereocenters. The fourth-order valence-electron chi connectivity index (χ4n) is 3.70. The predicted molar refractivity (Wildman–Crippen MR) is 101 cm³/mol. The van der Waals surface area contributed by atoms with Gasteiger partial charge in [0, 0.05) is 26.1 Å². The molecule has 11 heteroatoms. The van der Waals surface area contributed by atoms with Crippen LogP contribution in [0.2, 0.25) is 0 Å². The third-order valence-corrected chi connectivity index (χ3v) is 5.33. The number of carbonyl (C=O) groups is 1. The first-order valence-electron chi connectivity index (χ1n) is 9.75. The van der Waals surface area contributed by atoms with Crippen molar-refractivity contribution in [3.63, 3.8) is 0 Å². The van der Waals surface area contributed by atoms with Crippen LogP contribution in [-0.2, 0) is 4.79 Å². The summed E-state index contributed by atoms with van der Waals surface area (Å²) < 4.78 is 97.3. The molecule has 0 bridgehead atoms. The Morgan fingerprint density at radius 1 is 1.06 bits per heavy atom. The standard InChI is InChI=1S/C20H24F7N3O/c1-4-5-6-7-8-15(31)29(2)17-18(19(22,23)24,20(25,26)27)28-16(30(17)3)13-9-11-14(21)12-10-13/h9-12,17H,4-8H2,1-3H3. The predicted octanol–water partition coefficient (Wildman–Crippen LogP) is 5.14. The molecule has 0 aliphatic carbocycles. The smallest absolute Gasteiger partial charge is 0.336 e. The molecule has 31 heavy (non-hydrogen) atoms. The molecule has 0 N–H and O–H groups in total. The van der Waals surface area contributed by atoms with Gasteiger partial charge in [0.15, 0.2) is 0 Å². The zero-order valence-electron chi connectivity index (χ0n) is 17.3. The highest BCUT2D eigenvalue weighted by molar-refractivity contribution is 6.01. The van der Waals surface area contributed by atoms with Crippen molar-refractivity contribution in [1.82, 2.24) is 9.80 Å². The highest BCUT2D eigenvalue weighted by Crippen LogP contribution is 2.53. The molecule has 1 aliphatic heterocycles. The molecule has 0 saturated carbocycles. The van der Waals surface area contributed by atoms with Crippen LogP contribution < -0.4 is 0 Å². The number of amides is 1. The average molecular weight is 455 g/mol. The lowest BCUT2D eigenvalue weighted by atomic mass is 9.93. The van der Waals surface area contributed by atoms with Gasteiger partial charge in [-0.1, -0.05) is 26.2 Å². The Morgan fingerprint density at radius 2 is 1.61 bits per heavy atom. The van der Waals surface area contributed by atoms with Gasteiger partial charge in [-0.2, -0.15) is 26.3 Å². The fraction of sp³-hybridized carbons (Fsp3) is 0.600. The third kappa shape index (κ3) is 4.64. The minimum absolute atomic E-state index is 0.131. The summed E-state index contributed by atoms with van der Waals surface area (Å²) >= 11 is 0. The van der Waals surface area contributed by atoms with Crippen molar-refractivity contribution in [2.45, 2.75) is 63.1 Å². The second kappa shape index (κ2) is 9.04. The number of alkyl halides is 6. The van der Waals surface area contributed by atoms with Gasteiger partial charge in [-0.05, 0) is 30.7 Å². The number of hydrogen-bond donors (Lipinski definition) is 0. The van der Waals surface area contributed by atoms with E-state index in [-0.39, 0.29) is 12.0 Å². The third-order valence-electron chi connectivity index (χ3n) is 5.33. The van der Waals surface area contributed by atoms with Gasteiger partial charge in [-0.3, -0.25) is 4.79 Å². The largest absolute Gasteiger partial charge is 0.426 e. The van der Waals surface area contributed by atoms with E-state index in [0.29, 0.717) is 22.6 Å². The van der Waals surface area contributed by atoms with Crippen LogP contribution in [0.15, 0.2) is 29.3 Å². The molecular weight excluding hydrogens is 431 g/mol. The van der Waals surface area contributed by atoms with Crippen LogP contribution in [0.1, 0.15) is 44.6 Å². The zero-order chi connectivity index (χ0) is 23.6. The molecule has 0 spiro atoms. The van der Waals surface area contributed by atoms with Crippen molar-refractivity contribution in [2.24, 2.45) is 4.99 Å². The van der Waals surface area contributed by atoms with Gasteiger partial charge in [0.1, 0.15) is 17.8 Å². The highest BCUT2D eigenvalue weighted by Gasteiger charge is 2.79. The summed E-state index contributed by atoms with van der Waals surface area (Å²) in [7, 11) is 1.92. The first-order valence-corrected chi connectivity index (χ1v) is 9.75. The van der Waals surface area contributed by atoms with Crippen LogP contribution in [-0.4, -0.2) is 59.7 Å². The van der Waals surface area contributed by atoms with Crippen molar-refractivity contribution < 1.29 is 35.5 Å². The van der Waals surface area contributed by atoms with Gasteiger partial charge in [0.05, 0.1) is 0 Å². The van der Waals surface area contributed by atoms with Crippen LogP contribution in [0.3, 0.4) is 0 Å². The summed E-state index contributed by atoms with van der Waals surface area (Å²) in [6.07, 6.45) is -11.7. The number of carbonyl (C=O) groups excluding carboxylic acids is 1. The van der Waals surface area contributed by atoms with E-state index in [0.717, 1.165) is 51.2 Å². The second-order valence-electron chi connectivity index (χ2n) is 7.50. The number of aliphatic imine (C=N–C) groups is 1. The summed E-state index contributed by atoms with van der Waals surface area (Å²) in [6.45, 7) is 1.93. The highest BCUT2D eigenvalue weighted by atomic mass is 19.4. The van der Waals surface area contributed by atoms with Crippen LogP contribution >= 0.6 is 0 Å². The number of hydrogen-bond acceptors (Lipinski definition) is 3. The Hall–Kier alpha value is -2.33. The molecule has 1 aromatic rings. The van der Waals surface area contributed by atoms with E-state index in [9.17, 15) is 35.5 Å². The molecule has 0 aromatic heterocycles. The molecule has 1 aliphatic rings. The van der Waals surface area contributed by atoms with Gasteiger partial charge in [0.2, 0.25) is 5.91 Å². The van der Waals surface area contributed by atoms with Crippen LogP contribution in [0.4, 0.5) is 30.7 Å². The molecule has 4 nitrogen and oxygen atoms in total. The molecule has 1 heterocycles. The number of amidine groups is 1. The molecule has 0 radical (unpaired) electrons. The Labute approximate surface area is 175 Å². The summed E-state index contributed by atoms with van der Waals surface area (Å²) in [4.78, 5) is 16.8. The maximum absolute atomic E-state index is 14.0. The van der Waals surface area contributed by atoms with Gasteiger partial charge >= 0.3 is 12.4 Å². The number of rotatable bonds is 7. The normalized spacial score (nSPS) is 18.8. The van der Waals surface area contributed by atoms with E-state index in [2.05, 4.69) is 4.99 Å². The lowest BCUT2D eigenvalue weighted by Gasteiger charge is -2.42. The van der Waals surface area contributed by atoms with Crippen LogP contribution in [0, 0.1) is 5.82 Å². The fourth-order valence-corrected chi connectivity index (χ4v) is 3.70. The van der Waals surface area contributed by atoms with Crippen molar-refractivity contribution in [1.29, 1.82) is 0 Å². The summed E-state index contributed by atoms with van der Waals surface area (Å²) in [5.74, 6) is -2.19. The first kappa shape index (κ1) is 24.9. The van der Waals surface area contributed by atoms with Gasteiger partial charge in [0.25, 0.3) is 5.54 Å². The Kier molecular flexibility index (Phi) is 7.27. The molecule has 0 fully saturated rings. The summed E-state index contributed by atoms with van der Waals surface area (Å²) in [5, 5.41) is 0. The Bertz CT molecular complexity index is 788. The van der Waals surface area contributed by atoms with E-state index in [1.165, 1.54) is 0 Å². The second-order valence-corrected chi connectivity index (χ2v) is 7.50. The quantitative estimate of drug-likeness (QED) is 0.422. The molecule has 1 aromatic carbocycles. The topological polar surface area (TPSA) is 35.9 Å². The monoisotopic (exact) mass is 455 g/mol. The van der Waals surface area contributed by atoms with Gasteiger partial charge in [-0.25, -0.2) is 9.38 Å². The average Bonchev–Trinajstić information content (AvgIpc) is 2.99. The lowest BCUT2D eigenvalue weighted by molar-refractivity contribution is -0.312. The van der Waals surface area contributed by atoms with Gasteiger partial charge < -0.3 is 9.80 Å². The van der Waals surface area contributed by atoms with Gasteiger partial charge in [-0.15, -0.1) is 0 Å². The van der Waals surface area contributed by atoms with E-state index < -0.39 is 41.6 Å². The first-order chi connectivity index (χ1) is 14.3. The number of benzene rings is 1. The van der Waals surface area contributed by atoms with Crippen molar-refractivity contribution in [2.75, 3.05) is 14.1 Å².